The van der Waals surface area contributed by atoms with E-state index in [4.69, 9.17) is 4.74 Å². The molecule has 0 N–H and O–H groups in total. The molecule has 1 rings (SSSR count). The number of hydrogen-bond acceptors (Lipinski definition) is 1. The Morgan fingerprint density at radius 1 is 1.33 bits per heavy atom. The summed E-state index contributed by atoms with van der Waals surface area (Å²) in [5.41, 5.74) is 0.693. The Morgan fingerprint density at radius 2 is 2.11 bits per heavy atom. The van der Waals surface area contributed by atoms with Crippen molar-refractivity contribution < 1.29 is 4.74 Å². The predicted octanol–water partition coefficient (Wildman–Crippen LogP) is 1.58. The van der Waals surface area contributed by atoms with Crippen LogP contribution in [0, 0.1) is 0 Å². The Bertz CT molecular complexity index is 77.0. The molecule has 9 heavy (non-hydrogen) atoms. The molecule has 1 heterocycles. The van der Waals surface area contributed by atoms with Crippen molar-refractivity contribution in [3.63, 3.8) is 0 Å². The van der Waals surface area contributed by atoms with Crippen molar-refractivity contribution in [2.45, 2.75) is 38.1 Å². The van der Waals surface area contributed by atoms with Crippen LogP contribution in [0.5, 0.6) is 0 Å². The third kappa shape index (κ3) is 2.10. The maximum absolute atomic E-state index is 5.60. The minimum Gasteiger partial charge on any atom is -0.382 e. The molecule has 1 fully saturated rings. The van der Waals surface area contributed by atoms with Gasteiger partial charge in [-0.1, -0.05) is 13.1 Å². The molecule has 0 aliphatic carbocycles. The van der Waals surface area contributed by atoms with E-state index in [9.17, 15) is 0 Å². The minimum atomic E-state index is -0.474. The first-order valence-electron chi connectivity index (χ1n) is 3.92. The van der Waals surface area contributed by atoms with Gasteiger partial charge in [-0.25, -0.2) is 0 Å². The van der Waals surface area contributed by atoms with Crippen LogP contribution in [0.25, 0.3) is 0 Å². The van der Waals surface area contributed by atoms with E-state index >= 15 is 0 Å². The Labute approximate surface area is 59.0 Å². The molecule has 0 unspecified atom stereocenters. The normalized spacial score (nSPS) is 29.0. The maximum Gasteiger partial charge on any atom is 0.0656 e. The summed E-state index contributed by atoms with van der Waals surface area (Å²) in [6.45, 7) is 5.77. The Kier molecular flexibility index (Phi) is 2.73. The van der Waals surface area contributed by atoms with Gasteiger partial charge in [-0.3, -0.25) is 0 Å². The lowest BCUT2D eigenvalue weighted by Gasteiger charge is -2.24. The van der Waals surface area contributed by atoms with Crippen LogP contribution in [0.1, 0.15) is 19.3 Å². The predicted molar refractivity (Wildman–Crippen MR) is 42.5 cm³/mol. The summed E-state index contributed by atoms with van der Waals surface area (Å²) in [4.78, 5) is 0. The summed E-state index contributed by atoms with van der Waals surface area (Å²) >= 11 is 0. The van der Waals surface area contributed by atoms with Crippen LogP contribution in [-0.2, 0) is 4.74 Å². The van der Waals surface area contributed by atoms with Gasteiger partial charge in [-0.15, -0.1) is 0 Å². The van der Waals surface area contributed by atoms with E-state index in [1.807, 2.05) is 0 Å². The quantitative estimate of drug-likeness (QED) is 0.508. The zero-order valence-corrected chi connectivity index (χ0v) is 7.55. The highest BCUT2D eigenvalue weighted by Crippen LogP contribution is 2.14. The molecule has 1 saturated heterocycles. The van der Waals surface area contributed by atoms with Gasteiger partial charge in [0, 0.05) is 12.3 Å². The molecule has 0 radical (unpaired) electrons. The molecule has 0 aromatic carbocycles. The first-order chi connectivity index (χ1) is 4.30. The zero-order valence-electron chi connectivity index (χ0n) is 6.39. The fourth-order valence-corrected chi connectivity index (χ4v) is 2.71. The molecular formula is C7H16OSi. The summed E-state index contributed by atoms with van der Waals surface area (Å²) < 4.78 is 5.60. The van der Waals surface area contributed by atoms with E-state index < -0.39 is 8.80 Å². The average molecular weight is 144 g/mol. The van der Waals surface area contributed by atoms with Crippen molar-refractivity contribution in [1.29, 1.82) is 0 Å². The third-order valence-electron chi connectivity index (χ3n) is 1.96. The average Bonchev–Trinajstić information content (AvgIpc) is 1.90. The molecule has 54 valence electrons. The number of rotatable bonds is 1. The highest BCUT2D eigenvalue weighted by Gasteiger charge is 2.17. The summed E-state index contributed by atoms with van der Waals surface area (Å²) in [5.74, 6) is 0. The highest BCUT2D eigenvalue weighted by atomic mass is 28.3. The van der Waals surface area contributed by atoms with Gasteiger partial charge in [0.25, 0.3) is 0 Å². The smallest absolute Gasteiger partial charge is 0.0656 e. The van der Waals surface area contributed by atoms with E-state index in [1.165, 1.54) is 19.3 Å². The van der Waals surface area contributed by atoms with Crippen molar-refractivity contribution in [3.8, 4) is 0 Å². The second-order valence-electron chi connectivity index (χ2n) is 3.15. The van der Waals surface area contributed by atoms with Gasteiger partial charge >= 0.3 is 0 Å². The minimum absolute atomic E-state index is 0.474. The lowest BCUT2D eigenvalue weighted by Crippen LogP contribution is -2.31. The van der Waals surface area contributed by atoms with Crippen LogP contribution in [0.3, 0.4) is 0 Å². The van der Waals surface area contributed by atoms with Crippen LogP contribution < -0.4 is 0 Å². The van der Waals surface area contributed by atoms with Gasteiger partial charge in [0.15, 0.2) is 0 Å². The fourth-order valence-electron chi connectivity index (χ4n) is 1.29. The molecule has 0 saturated carbocycles. The van der Waals surface area contributed by atoms with Gasteiger partial charge in [-0.2, -0.15) is 0 Å². The number of ether oxygens (including phenoxy) is 1. The number of hydrogen-bond donors (Lipinski definition) is 0. The topological polar surface area (TPSA) is 9.23 Å². The van der Waals surface area contributed by atoms with Crippen molar-refractivity contribution >= 4 is 8.80 Å². The van der Waals surface area contributed by atoms with Crippen molar-refractivity contribution in [1.82, 2.24) is 0 Å². The van der Waals surface area contributed by atoms with Crippen LogP contribution >= 0.6 is 0 Å². The molecule has 1 atom stereocenters. The van der Waals surface area contributed by atoms with Crippen LogP contribution in [0.2, 0.25) is 13.1 Å². The SMILES string of the molecule is C[SiH](C)[C@@H]1CCCCO1. The first kappa shape index (κ1) is 7.29. The monoisotopic (exact) mass is 144 g/mol. The maximum atomic E-state index is 5.60. The summed E-state index contributed by atoms with van der Waals surface area (Å²) in [6.07, 6.45) is 4.03. The largest absolute Gasteiger partial charge is 0.382 e. The highest BCUT2D eigenvalue weighted by molar-refractivity contribution is 6.57. The van der Waals surface area contributed by atoms with Crippen LogP contribution in [0.15, 0.2) is 0 Å². The van der Waals surface area contributed by atoms with E-state index in [0.717, 1.165) is 6.61 Å². The van der Waals surface area contributed by atoms with Crippen LogP contribution in [-0.4, -0.2) is 21.1 Å². The Balaban J connectivity index is 2.23. The first-order valence-corrected chi connectivity index (χ1v) is 6.90. The lowest BCUT2D eigenvalue weighted by atomic mass is 10.2. The standard InChI is InChI=1S/C7H16OSi/c1-9(2)7-5-3-4-6-8-7/h7,9H,3-6H2,1-2H3/t7-/m1/s1. The van der Waals surface area contributed by atoms with Gasteiger partial charge < -0.3 is 4.74 Å². The molecule has 0 spiro atoms. The molecule has 0 aromatic heterocycles. The van der Waals surface area contributed by atoms with Crippen molar-refractivity contribution in [2.24, 2.45) is 0 Å². The Hall–Kier alpha value is 0.177. The van der Waals surface area contributed by atoms with Gasteiger partial charge in [0.1, 0.15) is 0 Å². The molecule has 1 aliphatic rings. The molecule has 2 heteroatoms. The Morgan fingerprint density at radius 3 is 2.44 bits per heavy atom. The van der Waals surface area contributed by atoms with E-state index in [0.29, 0.717) is 5.73 Å². The molecular weight excluding hydrogens is 128 g/mol. The zero-order chi connectivity index (χ0) is 6.69. The molecule has 0 aromatic rings. The molecule has 1 nitrogen and oxygen atoms in total. The molecule has 0 bridgehead atoms. The lowest BCUT2D eigenvalue weighted by molar-refractivity contribution is 0.0631. The van der Waals surface area contributed by atoms with E-state index in [1.54, 1.807) is 0 Å². The van der Waals surface area contributed by atoms with Gasteiger partial charge in [0.05, 0.1) is 8.80 Å². The second-order valence-corrected chi connectivity index (χ2v) is 6.38. The van der Waals surface area contributed by atoms with E-state index in [2.05, 4.69) is 13.1 Å². The third-order valence-corrected chi connectivity index (χ3v) is 3.97. The van der Waals surface area contributed by atoms with Gasteiger partial charge in [-0.05, 0) is 19.3 Å². The van der Waals surface area contributed by atoms with Gasteiger partial charge in [0.2, 0.25) is 0 Å². The summed E-state index contributed by atoms with van der Waals surface area (Å²) in [5, 5.41) is 0. The van der Waals surface area contributed by atoms with Crippen molar-refractivity contribution in [2.75, 3.05) is 6.61 Å². The van der Waals surface area contributed by atoms with E-state index in [-0.39, 0.29) is 0 Å². The molecule has 1 aliphatic heterocycles. The van der Waals surface area contributed by atoms with Crippen molar-refractivity contribution in [3.05, 3.63) is 0 Å². The van der Waals surface area contributed by atoms with Crippen LogP contribution in [0.4, 0.5) is 0 Å². The summed E-state index contributed by atoms with van der Waals surface area (Å²) in [6, 6.07) is 0. The fraction of sp³-hybridized carbons (Fsp3) is 1.00. The molecule has 0 amide bonds. The second kappa shape index (κ2) is 3.37. The summed E-state index contributed by atoms with van der Waals surface area (Å²) in [7, 11) is -0.474.